The molecule has 0 aromatic carbocycles. The highest BCUT2D eigenvalue weighted by atomic mass is 15.2. The molecule has 18 heavy (non-hydrogen) atoms. The molecule has 2 heterocycles. The van der Waals surface area contributed by atoms with Gasteiger partial charge in [0.15, 0.2) is 0 Å². The van der Waals surface area contributed by atoms with E-state index in [0.29, 0.717) is 0 Å². The van der Waals surface area contributed by atoms with Crippen LogP contribution in [0.15, 0.2) is 18.3 Å². The van der Waals surface area contributed by atoms with Crippen LogP contribution >= 0.6 is 0 Å². The fraction of sp³-hybridized carbons (Fsp3) is 0.667. The number of aromatic nitrogens is 1. The molecule has 2 aliphatic rings. The van der Waals surface area contributed by atoms with E-state index in [-0.39, 0.29) is 0 Å². The van der Waals surface area contributed by atoms with E-state index in [4.69, 9.17) is 5.73 Å². The van der Waals surface area contributed by atoms with Gasteiger partial charge in [-0.15, -0.1) is 0 Å². The number of hydrogen-bond acceptors (Lipinski definition) is 3. The first kappa shape index (κ1) is 12.0. The maximum atomic E-state index is 5.83. The fourth-order valence-electron chi connectivity index (χ4n) is 3.72. The van der Waals surface area contributed by atoms with Crippen LogP contribution < -0.4 is 5.73 Å². The van der Waals surface area contributed by atoms with Crippen LogP contribution in [0, 0.1) is 5.92 Å². The molecule has 1 aromatic heterocycles. The molecule has 1 atom stereocenters. The molecule has 1 aliphatic heterocycles. The first-order chi connectivity index (χ1) is 8.83. The van der Waals surface area contributed by atoms with Gasteiger partial charge in [-0.3, -0.25) is 9.88 Å². The second-order valence-electron chi connectivity index (χ2n) is 5.81. The average Bonchev–Trinajstić information content (AvgIpc) is 2.98. The number of anilines is 1. The van der Waals surface area contributed by atoms with Gasteiger partial charge in [0.2, 0.25) is 0 Å². The highest BCUT2D eigenvalue weighted by Gasteiger charge is 2.33. The maximum Gasteiger partial charge on any atom is 0.0564 e. The van der Waals surface area contributed by atoms with Crippen LogP contribution in [-0.4, -0.2) is 22.5 Å². The van der Waals surface area contributed by atoms with Crippen molar-refractivity contribution >= 4 is 5.69 Å². The zero-order valence-electron chi connectivity index (χ0n) is 11.0. The van der Waals surface area contributed by atoms with Gasteiger partial charge < -0.3 is 5.73 Å². The van der Waals surface area contributed by atoms with Crippen molar-refractivity contribution in [3.05, 3.63) is 24.0 Å². The molecule has 0 spiro atoms. The van der Waals surface area contributed by atoms with E-state index in [1.54, 1.807) is 0 Å². The minimum atomic E-state index is 0.802. The van der Waals surface area contributed by atoms with Crippen LogP contribution in [0.25, 0.3) is 0 Å². The van der Waals surface area contributed by atoms with Crippen LogP contribution in [0.3, 0.4) is 0 Å². The lowest BCUT2D eigenvalue weighted by atomic mass is 9.96. The fourth-order valence-corrected chi connectivity index (χ4v) is 3.72. The van der Waals surface area contributed by atoms with Crippen LogP contribution in [0.5, 0.6) is 0 Å². The molecular weight excluding hydrogens is 222 g/mol. The zero-order valence-corrected chi connectivity index (χ0v) is 11.0. The van der Waals surface area contributed by atoms with Gasteiger partial charge in [-0.25, -0.2) is 0 Å². The van der Waals surface area contributed by atoms with E-state index in [1.807, 2.05) is 18.3 Å². The summed E-state index contributed by atoms with van der Waals surface area (Å²) in [5, 5.41) is 0. The van der Waals surface area contributed by atoms with Crippen LogP contribution in [0.1, 0.15) is 44.2 Å². The van der Waals surface area contributed by atoms with Gasteiger partial charge >= 0.3 is 0 Å². The molecule has 3 heteroatoms. The summed E-state index contributed by atoms with van der Waals surface area (Å²) < 4.78 is 0. The number of likely N-dealkylation sites (tertiary alicyclic amines) is 1. The third kappa shape index (κ3) is 2.51. The SMILES string of the molecule is Nc1ccnc(CN2CCCC2C2CCCC2)c1. The summed E-state index contributed by atoms with van der Waals surface area (Å²) >= 11 is 0. The second-order valence-corrected chi connectivity index (χ2v) is 5.81. The van der Waals surface area contributed by atoms with E-state index in [0.717, 1.165) is 29.9 Å². The monoisotopic (exact) mass is 245 g/mol. The molecule has 98 valence electrons. The van der Waals surface area contributed by atoms with Gasteiger partial charge in [0.25, 0.3) is 0 Å². The molecule has 3 nitrogen and oxygen atoms in total. The highest BCUT2D eigenvalue weighted by molar-refractivity contribution is 5.37. The third-order valence-corrected chi connectivity index (χ3v) is 4.56. The van der Waals surface area contributed by atoms with Gasteiger partial charge in [0.1, 0.15) is 0 Å². The molecule has 0 bridgehead atoms. The molecule has 1 aromatic rings. The quantitative estimate of drug-likeness (QED) is 0.890. The smallest absolute Gasteiger partial charge is 0.0564 e. The summed E-state index contributed by atoms with van der Waals surface area (Å²) in [6.45, 7) is 2.21. The van der Waals surface area contributed by atoms with Crippen LogP contribution in [0.2, 0.25) is 0 Å². The lowest BCUT2D eigenvalue weighted by molar-refractivity contribution is 0.181. The highest BCUT2D eigenvalue weighted by Crippen LogP contribution is 2.35. The molecule has 1 unspecified atom stereocenters. The summed E-state index contributed by atoms with van der Waals surface area (Å²) in [4.78, 5) is 7.08. The molecule has 1 saturated carbocycles. The van der Waals surface area contributed by atoms with E-state index in [2.05, 4.69) is 9.88 Å². The van der Waals surface area contributed by atoms with Crippen molar-refractivity contribution in [2.45, 2.75) is 51.1 Å². The van der Waals surface area contributed by atoms with E-state index < -0.39 is 0 Å². The predicted octanol–water partition coefficient (Wildman–Crippen LogP) is 2.82. The molecule has 3 rings (SSSR count). The Hall–Kier alpha value is -1.09. The normalized spacial score (nSPS) is 25.9. The van der Waals surface area contributed by atoms with E-state index in [9.17, 15) is 0 Å². The van der Waals surface area contributed by atoms with Crippen molar-refractivity contribution < 1.29 is 0 Å². The summed E-state index contributed by atoms with van der Waals surface area (Å²) in [5.74, 6) is 0.938. The summed E-state index contributed by atoms with van der Waals surface area (Å²) in [7, 11) is 0. The first-order valence-corrected chi connectivity index (χ1v) is 7.27. The Morgan fingerprint density at radius 3 is 2.83 bits per heavy atom. The van der Waals surface area contributed by atoms with Crippen molar-refractivity contribution in [2.75, 3.05) is 12.3 Å². The van der Waals surface area contributed by atoms with Crippen molar-refractivity contribution in [1.82, 2.24) is 9.88 Å². The zero-order chi connectivity index (χ0) is 12.4. The van der Waals surface area contributed by atoms with E-state index >= 15 is 0 Å². The van der Waals surface area contributed by atoms with Crippen LogP contribution in [0.4, 0.5) is 5.69 Å². The standard InChI is InChI=1S/C15H23N3/c16-13-7-8-17-14(10-13)11-18-9-3-6-15(18)12-4-1-2-5-12/h7-8,10,12,15H,1-6,9,11H2,(H2,16,17). The Morgan fingerprint density at radius 2 is 2.06 bits per heavy atom. The van der Waals surface area contributed by atoms with Crippen LogP contribution in [-0.2, 0) is 6.54 Å². The number of nitrogens with two attached hydrogens (primary N) is 1. The molecule has 2 fully saturated rings. The van der Waals surface area contributed by atoms with Crippen molar-refractivity contribution in [3.63, 3.8) is 0 Å². The second kappa shape index (κ2) is 5.27. The number of nitrogen functional groups attached to an aromatic ring is 1. The Labute approximate surface area is 109 Å². The van der Waals surface area contributed by atoms with Crippen molar-refractivity contribution in [1.29, 1.82) is 0 Å². The lowest BCUT2D eigenvalue weighted by Crippen LogP contribution is -2.34. The van der Waals surface area contributed by atoms with Crippen molar-refractivity contribution in [3.8, 4) is 0 Å². The summed E-state index contributed by atoms with van der Waals surface area (Å²) in [5.41, 5.74) is 7.79. The topological polar surface area (TPSA) is 42.1 Å². The Balaban J connectivity index is 1.67. The summed E-state index contributed by atoms with van der Waals surface area (Å²) in [6, 6.07) is 4.68. The average molecular weight is 245 g/mol. The molecule has 0 amide bonds. The number of pyridine rings is 1. The summed E-state index contributed by atoms with van der Waals surface area (Å²) in [6.07, 6.45) is 10.3. The van der Waals surface area contributed by atoms with Crippen molar-refractivity contribution in [2.24, 2.45) is 5.92 Å². The van der Waals surface area contributed by atoms with Gasteiger partial charge in [0, 0.05) is 24.5 Å². The largest absolute Gasteiger partial charge is 0.399 e. The number of hydrogen-bond donors (Lipinski definition) is 1. The third-order valence-electron chi connectivity index (χ3n) is 4.56. The molecule has 2 N–H and O–H groups in total. The van der Waals surface area contributed by atoms with Gasteiger partial charge in [-0.05, 0) is 50.3 Å². The first-order valence-electron chi connectivity index (χ1n) is 7.27. The Kier molecular flexibility index (Phi) is 3.50. The van der Waals surface area contributed by atoms with Gasteiger partial charge in [-0.2, -0.15) is 0 Å². The molecular formula is C15H23N3. The number of rotatable bonds is 3. The van der Waals surface area contributed by atoms with E-state index in [1.165, 1.54) is 45.1 Å². The maximum absolute atomic E-state index is 5.83. The predicted molar refractivity (Wildman–Crippen MR) is 74.0 cm³/mol. The minimum absolute atomic E-state index is 0.802. The van der Waals surface area contributed by atoms with Gasteiger partial charge in [-0.1, -0.05) is 12.8 Å². The molecule has 1 aliphatic carbocycles. The molecule has 0 radical (unpaired) electrons. The number of nitrogens with zero attached hydrogens (tertiary/aromatic N) is 2. The minimum Gasteiger partial charge on any atom is -0.399 e. The Bertz CT molecular complexity index is 398. The Morgan fingerprint density at radius 1 is 1.22 bits per heavy atom. The van der Waals surface area contributed by atoms with Gasteiger partial charge in [0.05, 0.1) is 5.69 Å². The molecule has 1 saturated heterocycles. The lowest BCUT2D eigenvalue weighted by Gasteiger charge is -2.29.